The third-order valence-electron chi connectivity index (χ3n) is 2.99. The molecule has 2 N–H and O–H groups in total. The lowest BCUT2D eigenvalue weighted by Gasteiger charge is -2.29. The van der Waals surface area contributed by atoms with E-state index in [1.54, 1.807) is 0 Å². The molecule has 0 saturated carbocycles. The van der Waals surface area contributed by atoms with Gasteiger partial charge in [-0.3, -0.25) is 0 Å². The van der Waals surface area contributed by atoms with Crippen LogP contribution in [0.3, 0.4) is 0 Å². The zero-order valence-corrected chi connectivity index (χ0v) is 9.70. The fraction of sp³-hybridized carbons (Fsp3) is 0.600. The van der Waals surface area contributed by atoms with E-state index in [-0.39, 0.29) is 6.04 Å². The average Bonchev–Trinajstić information content (AvgIpc) is 2.08. The molecule has 0 aliphatic heterocycles. The highest BCUT2D eigenvalue weighted by molar-refractivity contribution is 9.12. The molecular formula is C10H16BrN. The Balaban J connectivity index is 3.18. The van der Waals surface area contributed by atoms with Gasteiger partial charge in [-0.15, -0.1) is 0 Å². The summed E-state index contributed by atoms with van der Waals surface area (Å²) in [6.45, 7) is 8.59. The summed E-state index contributed by atoms with van der Waals surface area (Å²) in [7, 11) is 0. The quantitative estimate of drug-likeness (QED) is 0.680. The molecule has 0 heterocycles. The van der Waals surface area contributed by atoms with Crippen LogP contribution in [0, 0.1) is 5.92 Å². The fourth-order valence-electron chi connectivity index (χ4n) is 1.60. The Hall–Kier alpha value is -0.0800. The van der Waals surface area contributed by atoms with Crippen LogP contribution in [0.4, 0.5) is 0 Å². The maximum absolute atomic E-state index is 6.04. The molecular weight excluding hydrogens is 214 g/mol. The molecule has 68 valence electrons. The summed E-state index contributed by atoms with van der Waals surface area (Å²) in [6.07, 6.45) is 0. The Morgan fingerprint density at radius 1 is 1.17 bits per heavy atom. The minimum atomic E-state index is 0.183. The van der Waals surface area contributed by atoms with Crippen molar-refractivity contribution in [2.45, 2.75) is 33.7 Å². The predicted octanol–water partition coefficient (Wildman–Crippen LogP) is 2.97. The van der Waals surface area contributed by atoms with E-state index >= 15 is 0 Å². The summed E-state index contributed by atoms with van der Waals surface area (Å²) in [4.78, 5) is 0. The molecule has 2 atom stereocenters. The van der Waals surface area contributed by atoms with Crippen LogP contribution in [0.2, 0.25) is 0 Å². The molecule has 0 bridgehead atoms. The third-order valence-corrected chi connectivity index (χ3v) is 4.21. The molecule has 0 aromatic heterocycles. The van der Waals surface area contributed by atoms with E-state index in [0.29, 0.717) is 5.92 Å². The average molecular weight is 230 g/mol. The first-order valence-corrected chi connectivity index (χ1v) is 5.05. The van der Waals surface area contributed by atoms with Gasteiger partial charge in [-0.2, -0.15) is 0 Å². The van der Waals surface area contributed by atoms with Crippen LogP contribution in [-0.4, -0.2) is 6.04 Å². The van der Waals surface area contributed by atoms with Gasteiger partial charge in [0.05, 0.1) is 0 Å². The number of allylic oxidation sites excluding steroid dienone is 2. The van der Waals surface area contributed by atoms with Crippen LogP contribution in [0.1, 0.15) is 27.7 Å². The summed E-state index contributed by atoms with van der Waals surface area (Å²) in [5.74, 6) is 0.478. The summed E-state index contributed by atoms with van der Waals surface area (Å²) < 4.78 is 1.20. The normalized spacial score (nSPS) is 31.5. The molecule has 2 heteroatoms. The molecule has 2 unspecified atom stereocenters. The maximum atomic E-state index is 6.04. The third kappa shape index (κ3) is 1.38. The highest BCUT2D eigenvalue weighted by atomic mass is 79.9. The number of hydrogen-bond donors (Lipinski definition) is 1. The second-order valence-corrected chi connectivity index (χ2v) is 4.41. The van der Waals surface area contributed by atoms with Crippen molar-refractivity contribution in [1.82, 2.24) is 0 Å². The van der Waals surface area contributed by atoms with Gasteiger partial charge in [0.25, 0.3) is 0 Å². The van der Waals surface area contributed by atoms with Crippen molar-refractivity contribution in [3.63, 3.8) is 0 Å². The Morgan fingerprint density at radius 3 is 2.17 bits per heavy atom. The lowest BCUT2D eigenvalue weighted by atomic mass is 9.82. The maximum Gasteiger partial charge on any atom is 0.0328 e. The first-order chi connectivity index (χ1) is 5.46. The molecule has 0 aromatic carbocycles. The van der Waals surface area contributed by atoms with Crippen LogP contribution in [0.15, 0.2) is 21.2 Å². The topological polar surface area (TPSA) is 26.0 Å². The van der Waals surface area contributed by atoms with E-state index in [2.05, 4.69) is 43.6 Å². The van der Waals surface area contributed by atoms with Crippen molar-refractivity contribution in [3.05, 3.63) is 21.2 Å². The molecule has 0 aromatic rings. The Morgan fingerprint density at radius 2 is 1.67 bits per heavy atom. The zero-order valence-electron chi connectivity index (χ0n) is 8.11. The van der Waals surface area contributed by atoms with E-state index in [1.165, 1.54) is 21.2 Å². The van der Waals surface area contributed by atoms with Crippen LogP contribution in [0.25, 0.3) is 0 Å². The fourth-order valence-corrected chi connectivity index (χ4v) is 2.18. The van der Waals surface area contributed by atoms with Gasteiger partial charge in [0.1, 0.15) is 0 Å². The van der Waals surface area contributed by atoms with E-state index < -0.39 is 0 Å². The molecule has 0 saturated heterocycles. The Labute approximate surface area is 82.8 Å². The van der Waals surface area contributed by atoms with E-state index in [4.69, 9.17) is 5.73 Å². The number of halogens is 1. The molecule has 1 aliphatic rings. The van der Waals surface area contributed by atoms with Crippen LogP contribution < -0.4 is 5.73 Å². The number of nitrogens with two attached hydrogens (primary N) is 1. The Kier molecular flexibility index (Phi) is 2.79. The van der Waals surface area contributed by atoms with Gasteiger partial charge in [-0.05, 0) is 37.8 Å². The summed E-state index contributed by atoms with van der Waals surface area (Å²) in [5.41, 5.74) is 10.1. The van der Waals surface area contributed by atoms with Gasteiger partial charge >= 0.3 is 0 Å². The lowest BCUT2D eigenvalue weighted by molar-refractivity contribution is 0.558. The van der Waals surface area contributed by atoms with Gasteiger partial charge in [0.2, 0.25) is 0 Å². The predicted molar refractivity (Wildman–Crippen MR) is 57.1 cm³/mol. The van der Waals surface area contributed by atoms with Gasteiger partial charge in [-0.25, -0.2) is 0 Å². The van der Waals surface area contributed by atoms with Gasteiger partial charge in [0.15, 0.2) is 0 Å². The largest absolute Gasteiger partial charge is 0.324 e. The van der Waals surface area contributed by atoms with Crippen LogP contribution in [-0.2, 0) is 0 Å². The second kappa shape index (κ2) is 3.35. The Bertz CT molecular complexity index is 235. The highest BCUT2D eigenvalue weighted by Gasteiger charge is 2.24. The van der Waals surface area contributed by atoms with E-state index in [9.17, 15) is 0 Å². The van der Waals surface area contributed by atoms with Gasteiger partial charge in [-0.1, -0.05) is 28.4 Å². The second-order valence-electron chi connectivity index (χ2n) is 3.62. The molecule has 0 spiro atoms. The first-order valence-electron chi connectivity index (χ1n) is 4.26. The van der Waals surface area contributed by atoms with Gasteiger partial charge in [0, 0.05) is 10.5 Å². The van der Waals surface area contributed by atoms with Crippen molar-refractivity contribution < 1.29 is 0 Å². The zero-order chi connectivity index (χ0) is 9.46. The monoisotopic (exact) mass is 229 g/mol. The van der Waals surface area contributed by atoms with Crippen LogP contribution in [0.5, 0.6) is 0 Å². The first kappa shape index (κ1) is 10.0. The standard InChI is InChI=1S/C10H16BrN/c1-5-6(2)9(11)8(4)10(12)7(5)3/h7,10H,12H2,1-4H3. The van der Waals surface area contributed by atoms with E-state index in [1.807, 2.05) is 0 Å². The molecule has 0 fully saturated rings. The summed E-state index contributed by atoms with van der Waals surface area (Å²) in [5, 5.41) is 0. The van der Waals surface area contributed by atoms with Crippen molar-refractivity contribution >= 4 is 15.9 Å². The van der Waals surface area contributed by atoms with Crippen molar-refractivity contribution in [1.29, 1.82) is 0 Å². The van der Waals surface area contributed by atoms with Crippen molar-refractivity contribution in [2.24, 2.45) is 11.7 Å². The van der Waals surface area contributed by atoms with Crippen molar-refractivity contribution in [3.8, 4) is 0 Å². The smallest absolute Gasteiger partial charge is 0.0328 e. The molecule has 1 rings (SSSR count). The van der Waals surface area contributed by atoms with Gasteiger partial charge < -0.3 is 5.73 Å². The molecule has 12 heavy (non-hydrogen) atoms. The summed E-state index contributed by atoms with van der Waals surface area (Å²) >= 11 is 3.57. The summed E-state index contributed by atoms with van der Waals surface area (Å²) in [6, 6.07) is 0.183. The SMILES string of the molecule is CC1=C(C)C(C)C(N)C(C)=C1Br. The van der Waals surface area contributed by atoms with Crippen LogP contribution >= 0.6 is 15.9 Å². The van der Waals surface area contributed by atoms with Crippen molar-refractivity contribution in [2.75, 3.05) is 0 Å². The number of hydrogen-bond acceptors (Lipinski definition) is 1. The van der Waals surface area contributed by atoms with E-state index in [0.717, 1.165) is 0 Å². The minimum Gasteiger partial charge on any atom is -0.324 e. The molecule has 0 amide bonds. The minimum absolute atomic E-state index is 0.183. The lowest BCUT2D eigenvalue weighted by Crippen LogP contribution is -2.33. The molecule has 0 radical (unpaired) electrons. The molecule has 1 nitrogen and oxygen atoms in total. The number of rotatable bonds is 0. The molecule has 1 aliphatic carbocycles. The highest BCUT2D eigenvalue weighted by Crippen LogP contribution is 2.35.